The van der Waals surface area contributed by atoms with E-state index in [0.717, 1.165) is 23.5 Å². The normalized spacial score (nSPS) is 15.4. The summed E-state index contributed by atoms with van der Waals surface area (Å²) in [6, 6.07) is 9.95. The third-order valence-corrected chi connectivity index (χ3v) is 5.40. The zero-order chi connectivity index (χ0) is 19.3. The van der Waals surface area contributed by atoms with Crippen molar-refractivity contribution in [3.8, 4) is 10.8 Å². The van der Waals surface area contributed by atoms with Crippen molar-refractivity contribution in [1.82, 2.24) is 19.9 Å². The van der Waals surface area contributed by atoms with Crippen molar-refractivity contribution in [3.63, 3.8) is 0 Å². The van der Waals surface area contributed by atoms with E-state index in [1.54, 1.807) is 29.5 Å². The summed E-state index contributed by atoms with van der Waals surface area (Å²) in [4.78, 5) is 21.8. The van der Waals surface area contributed by atoms with Gasteiger partial charge < -0.3 is 9.42 Å². The Hall–Kier alpha value is -2.84. The molecule has 6 nitrogen and oxygen atoms in total. The topological polar surface area (TPSA) is 62.5 Å². The van der Waals surface area contributed by atoms with E-state index in [-0.39, 0.29) is 11.7 Å². The molecule has 4 rings (SSSR count). The highest BCUT2D eigenvalue weighted by Crippen LogP contribution is 2.22. The molecule has 1 aliphatic heterocycles. The summed E-state index contributed by atoms with van der Waals surface area (Å²) in [5, 5.41) is 6.02. The van der Waals surface area contributed by atoms with Gasteiger partial charge in [0.05, 0.1) is 11.4 Å². The van der Waals surface area contributed by atoms with Crippen LogP contribution in [-0.2, 0) is 11.3 Å². The SMILES string of the molecule is O=C(C=Cc1ccc(F)cc1)N1CCN(Cc2noc(-c3cccs3)n2)CC1. The van der Waals surface area contributed by atoms with Gasteiger partial charge in [-0.2, -0.15) is 4.98 Å². The highest BCUT2D eigenvalue weighted by molar-refractivity contribution is 7.13. The molecule has 28 heavy (non-hydrogen) atoms. The van der Waals surface area contributed by atoms with Gasteiger partial charge in [-0.15, -0.1) is 11.3 Å². The van der Waals surface area contributed by atoms with Crippen LogP contribution in [0.15, 0.2) is 52.4 Å². The number of piperazine rings is 1. The van der Waals surface area contributed by atoms with E-state index in [4.69, 9.17) is 4.52 Å². The van der Waals surface area contributed by atoms with Crippen LogP contribution in [0.4, 0.5) is 4.39 Å². The third kappa shape index (κ3) is 4.52. The Morgan fingerprint density at radius 1 is 1.18 bits per heavy atom. The Bertz CT molecular complexity index is 945. The van der Waals surface area contributed by atoms with Gasteiger partial charge >= 0.3 is 0 Å². The van der Waals surface area contributed by atoms with Crippen molar-refractivity contribution in [2.45, 2.75) is 6.54 Å². The maximum atomic E-state index is 12.9. The van der Waals surface area contributed by atoms with Crippen molar-refractivity contribution in [1.29, 1.82) is 0 Å². The summed E-state index contributed by atoms with van der Waals surface area (Å²) in [7, 11) is 0. The number of amides is 1. The first kappa shape index (κ1) is 18.5. The highest BCUT2D eigenvalue weighted by Gasteiger charge is 2.21. The highest BCUT2D eigenvalue weighted by atomic mass is 32.1. The Kier molecular flexibility index (Phi) is 5.59. The van der Waals surface area contributed by atoms with Crippen LogP contribution < -0.4 is 0 Å². The largest absolute Gasteiger partial charge is 0.337 e. The van der Waals surface area contributed by atoms with Gasteiger partial charge in [-0.1, -0.05) is 23.4 Å². The quantitative estimate of drug-likeness (QED) is 0.617. The molecule has 1 aliphatic rings. The van der Waals surface area contributed by atoms with Crippen LogP contribution in [0.25, 0.3) is 16.8 Å². The lowest BCUT2D eigenvalue weighted by atomic mass is 10.2. The summed E-state index contributed by atoms with van der Waals surface area (Å²) in [6.45, 7) is 3.38. The molecule has 0 bridgehead atoms. The summed E-state index contributed by atoms with van der Waals surface area (Å²) in [5.41, 5.74) is 0.798. The van der Waals surface area contributed by atoms with Gasteiger partial charge in [-0.25, -0.2) is 4.39 Å². The molecule has 0 N–H and O–H groups in total. The zero-order valence-electron chi connectivity index (χ0n) is 15.1. The second-order valence-corrected chi connectivity index (χ2v) is 7.43. The summed E-state index contributed by atoms with van der Waals surface area (Å²) < 4.78 is 18.2. The lowest BCUT2D eigenvalue weighted by Gasteiger charge is -2.33. The summed E-state index contributed by atoms with van der Waals surface area (Å²) in [6.07, 6.45) is 3.24. The summed E-state index contributed by atoms with van der Waals surface area (Å²) in [5.74, 6) is 0.872. The first-order valence-electron chi connectivity index (χ1n) is 8.99. The fourth-order valence-electron chi connectivity index (χ4n) is 2.99. The predicted octanol–water partition coefficient (Wildman–Crippen LogP) is 3.29. The standard InChI is InChI=1S/C20H19FN4O2S/c21-16-6-3-15(4-7-16)5-8-19(26)25-11-9-24(10-12-25)14-18-22-20(27-23-18)17-2-1-13-28-17/h1-8,13H,9-12,14H2. The van der Waals surface area contributed by atoms with Crippen LogP contribution >= 0.6 is 11.3 Å². The molecule has 0 aliphatic carbocycles. The number of benzene rings is 1. The molecular formula is C20H19FN4O2S. The van der Waals surface area contributed by atoms with Gasteiger partial charge in [0.2, 0.25) is 5.91 Å². The molecular weight excluding hydrogens is 379 g/mol. The molecule has 2 aromatic heterocycles. The van der Waals surface area contributed by atoms with Crippen LogP contribution in [0.5, 0.6) is 0 Å². The fraction of sp³-hybridized carbons (Fsp3) is 0.250. The van der Waals surface area contributed by atoms with Gasteiger partial charge in [-0.3, -0.25) is 9.69 Å². The zero-order valence-corrected chi connectivity index (χ0v) is 15.9. The first-order valence-corrected chi connectivity index (χ1v) is 9.87. The Labute approximate surface area is 165 Å². The van der Waals surface area contributed by atoms with E-state index in [1.165, 1.54) is 18.2 Å². The molecule has 0 atom stereocenters. The molecule has 144 valence electrons. The van der Waals surface area contributed by atoms with Gasteiger partial charge in [0.25, 0.3) is 5.89 Å². The summed E-state index contributed by atoms with van der Waals surface area (Å²) >= 11 is 1.56. The van der Waals surface area contributed by atoms with E-state index >= 15 is 0 Å². The lowest BCUT2D eigenvalue weighted by molar-refractivity contribution is -0.127. The monoisotopic (exact) mass is 398 g/mol. The number of carbonyl (C=O) groups is 1. The minimum absolute atomic E-state index is 0.0384. The van der Waals surface area contributed by atoms with Crippen LogP contribution in [0.2, 0.25) is 0 Å². The van der Waals surface area contributed by atoms with Crippen LogP contribution in [-0.4, -0.2) is 52.0 Å². The van der Waals surface area contributed by atoms with Crippen molar-refractivity contribution in [2.24, 2.45) is 0 Å². The van der Waals surface area contributed by atoms with Crippen LogP contribution in [0, 0.1) is 5.82 Å². The third-order valence-electron chi connectivity index (χ3n) is 4.54. The number of rotatable bonds is 5. The molecule has 3 aromatic rings. The number of hydrogen-bond donors (Lipinski definition) is 0. The molecule has 0 radical (unpaired) electrons. The van der Waals surface area contributed by atoms with Gasteiger partial charge in [0.1, 0.15) is 5.82 Å². The van der Waals surface area contributed by atoms with E-state index in [0.29, 0.717) is 31.3 Å². The number of hydrogen-bond acceptors (Lipinski definition) is 6. The molecule has 0 saturated carbocycles. The van der Waals surface area contributed by atoms with Crippen molar-refractivity contribution >= 4 is 23.3 Å². The number of thiophene rings is 1. The molecule has 1 fully saturated rings. The molecule has 1 aromatic carbocycles. The number of halogens is 1. The van der Waals surface area contributed by atoms with E-state index in [9.17, 15) is 9.18 Å². The molecule has 0 spiro atoms. The second kappa shape index (κ2) is 8.45. The minimum Gasteiger partial charge on any atom is -0.337 e. The Morgan fingerprint density at radius 3 is 2.68 bits per heavy atom. The van der Waals surface area contributed by atoms with E-state index in [1.807, 2.05) is 22.4 Å². The van der Waals surface area contributed by atoms with Crippen molar-refractivity contribution in [3.05, 3.63) is 65.1 Å². The smallest absolute Gasteiger partial charge is 0.268 e. The fourth-order valence-corrected chi connectivity index (χ4v) is 3.64. The van der Waals surface area contributed by atoms with E-state index < -0.39 is 0 Å². The lowest BCUT2D eigenvalue weighted by Crippen LogP contribution is -2.47. The molecule has 1 amide bonds. The maximum absolute atomic E-state index is 12.9. The first-order chi connectivity index (χ1) is 13.7. The minimum atomic E-state index is -0.288. The Morgan fingerprint density at radius 2 is 1.96 bits per heavy atom. The van der Waals surface area contributed by atoms with Crippen LogP contribution in [0.3, 0.4) is 0 Å². The van der Waals surface area contributed by atoms with Crippen molar-refractivity contribution < 1.29 is 13.7 Å². The van der Waals surface area contributed by atoms with E-state index in [2.05, 4.69) is 15.0 Å². The maximum Gasteiger partial charge on any atom is 0.268 e. The second-order valence-electron chi connectivity index (χ2n) is 6.48. The average Bonchev–Trinajstić information content (AvgIpc) is 3.40. The van der Waals surface area contributed by atoms with Gasteiger partial charge in [0, 0.05) is 32.3 Å². The molecule has 1 saturated heterocycles. The molecule has 0 unspecified atom stereocenters. The average molecular weight is 398 g/mol. The molecule has 3 heterocycles. The predicted molar refractivity (Wildman–Crippen MR) is 105 cm³/mol. The number of carbonyl (C=O) groups excluding carboxylic acids is 1. The molecule has 8 heteroatoms. The van der Waals surface area contributed by atoms with Crippen molar-refractivity contribution in [2.75, 3.05) is 26.2 Å². The van der Waals surface area contributed by atoms with Crippen LogP contribution in [0.1, 0.15) is 11.4 Å². The Balaban J connectivity index is 1.27. The van der Waals surface area contributed by atoms with Gasteiger partial charge in [-0.05, 0) is 35.2 Å². The number of nitrogens with zero attached hydrogens (tertiary/aromatic N) is 4. The number of aromatic nitrogens is 2. The van der Waals surface area contributed by atoms with Gasteiger partial charge in [0.15, 0.2) is 5.82 Å².